The largest absolute Gasteiger partial charge is 0.261 e. The summed E-state index contributed by atoms with van der Waals surface area (Å²) in [5.41, 5.74) is -0.365. The van der Waals surface area contributed by atoms with Crippen LogP contribution in [0.3, 0.4) is 0 Å². The molecule has 0 aliphatic heterocycles. The van der Waals surface area contributed by atoms with Crippen LogP contribution in [0.5, 0.6) is 0 Å². The fraction of sp³-hybridized carbons (Fsp3) is 0.400. The highest BCUT2D eigenvalue weighted by Gasteiger charge is 2.41. The molecule has 0 bridgehead atoms. The van der Waals surface area contributed by atoms with E-state index in [9.17, 15) is 16.8 Å². The van der Waals surface area contributed by atoms with Gasteiger partial charge in [0.2, 0.25) is 10.0 Å². The predicted molar refractivity (Wildman–Crippen MR) is 67.4 cm³/mol. The number of benzene rings is 1. The summed E-state index contributed by atoms with van der Waals surface area (Å²) in [4.78, 5) is -0.0968. The lowest BCUT2D eigenvalue weighted by Gasteiger charge is -2.12. The average molecular weight is 310 g/mol. The van der Waals surface area contributed by atoms with E-state index in [4.69, 9.17) is 10.7 Å². The van der Waals surface area contributed by atoms with Crippen molar-refractivity contribution in [1.82, 2.24) is 4.72 Å². The van der Waals surface area contributed by atoms with E-state index in [0.717, 1.165) is 12.8 Å². The van der Waals surface area contributed by atoms with Crippen molar-refractivity contribution in [3.8, 4) is 0 Å². The summed E-state index contributed by atoms with van der Waals surface area (Å²) in [6, 6.07) is 4.80. The van der Waals surface area contributed by atoms with Crippen LogP contribution in [-0.4, -0.2) is 22.4 Å². The minimum atomic E-state index is -3.83. The molecule has 0 spiro atoms. The maximum Gasteiger partial charge on any atom is 0.261 e. The highest BCUT2D eigenvalue weighted by Crippen LogP contribution is 2.36. The molecule has 0 unspecified atom stereocenters. The number of rotatable bonds is 4. The van der Waals surface area contributed by atoms with Crippen LogP contribution in [0.4, 0.5) is 0 Å². The van der Waals surface area contributed by atoms with Gasteiger partial charge in [-0.25, -0.2) is 21.6 Å². The SMILES string of the molecule is CC1(NS(=O)(=O)c2ccc(S(=O)(=O)Cl)cc2)CC1. The zero-order chi connectivity index (χ0) is 13.6. The molecular weight excluding hydrogens is 298 g/mol. The van der Waals surface area contributed by atoms with Crippen LogP contribution < -0.4 is 4.72 Å². The number of hydrogen-bond donors (Lipinski definition) is 1. The Labute approximate surface area is 111 Å². The third kappa shape index (κ3) is 3.03. The topological polar surface area (TPSA) is 80.3 Å². The Morgan fingerprint density at radius 1 is 1.06 bits per heavy atom. The monoisotopic (exact) mass is 309 g/mol. The summed E-state index contributed by atoms with van der Waals surface area (Å²) in [7, 11) is -2.29. The van der Waals surface area contributed by atoms with Crippen LogP contribution in [0, 0.1) is 0 Å². The first-order chi connectivity index (χ1) is 8.12. The molecule has 2 rings (SSSR count). The summed E-state index contributed by atoms with van der Waals surface area (Å²) < 4.78 is 48.5. The molecule has 8 heteroatoms. The van der Waals surface area contributed by atoms with Crippen molar-refractivity contribution in [3.05, 3.63) is 24.3 Å². The first-order valence-electron chi connectivity index (χ1n) is 5.21. The van der Waals surface area contributed by atoms with Crippen LogP contribution in [0.15, 0.2) is 34.1 Å². The Balaban J connectivity index is 2.29. The van der Waals surface area contributed by atoms with Gasteiger partial charge in [-0.2, -0.15) is 0 Å². The van der Waals surface area contributed by atoms with Gasteiger partial charge in [0.1, 0.15) is 0 Å². The third-order valence-corrected chi connectivity index (χ3v) is 5.82. The minimum Gasteiger partial charge on any atom is -0.207 e. The highest BCUT2D eigenvalue weighted by molar-refractivity contribution is 8.13. The van der Waals surface area contributed by atoms with Crippen molar-refractivity contribution >= 4 is 29.8 Å². The molecule has 1 N–H and O–H groups in total. The van der Waals surface area contributed by atoms with Crippen molar-refractivity contribution in [3.63, 3.8) is 0 Å². The number of hydrogen-bond acceptors (Lipinski definition) is 4. The lowest BCUT2D eigenvalue weighted by atomic mass is 10.4. The van der Waals surface area contributed by atoms with E-state index < -0.39 is 19.1 Å². The molecule has 0 amide bonds. The Morgan fingerprint density at radius 3 is 1.89 bits per heavy atom. The molecule has 0 aromatic heterocycles. The number of halogens is 1. The van der Waals surface area contributed by atoms with E-state index in [0.29, 0.717) is 0 Å². The van der Waals surface area contributed by atoms with Crippen LogP contribution in [0.1, 0.15) is 19.8 Å². The predicted octanol–water partition coefficient (Wildman–Crippen LogP) is 1.44. The molecule has 0 saturated heterocycles. The molecule has 0 atom stereocenters. The molecule has 1 aromatic carbocycles. The second-order valence-corrected chi connectivity index (χ2v) is 8.82. The molecule has 1 aliphatic carbocycles. The van der Waals surface area contributed by atoms with Gasteiger partial charge in [-0.3, -0.25) is 0 Å². The molecule has 0 radical (unpaired) electrons. The van der Waals surface area contributed by atoms with Crippen molar-refractivity contribution in [2.24, 2.45) is 0 Å². The molecule has 18 heavy (non-hydrogen) atoms. The molecule has 1 aliphatic rings. The van der Waals surface area contributed by atoms with Gasteiger partial charge in [0.25, 0.3) is 9.05 Å². The van der Waals surface area contributed by atoms with E-state index in [2.05, 4.69) is 4.72 Å². The molecule has 100 valence electrons. The second-order valence-electron chi connectivity index (χ2n) is 4.58. The quantitative estimate of drug-likeness (QED) is 0.854. The Bertz CT molecular complexity index is 660. The Morgan fingerprint density at radius 2 is 1.50 bits per heavy atom. The number of sulfonamides is 1. The van der Waals surface area contributed by atoms with Crippen molar-refractivity contribution in [1.29, 1.82) is 0 Å². The van der Waals surface area contributed by atoms with E-state index in [-0.39, 0.29) is 15.3 Å². The highest BCUT2D eigenvalue weighted by atomic mass is 35.7. The molecule has 1 fully saturated rings. The summed E-state index contributed by atoms with van der Waals surface area (Å²) in [6.45, 7) is 1.82. The first kappa shape index (κ1) is 13.8. The van der Waals surface area contributed by atoms with Crippen LogP contribution >= 0.6 is 10.7 Å². The van der Waals surface area contributed by atoms with Crippen LogP contribution in [-0.2, 0) is 19.1 Å². The van der Waals surface area contributed by atoms with Gasteiger partial charge in [0.15, 0.2) is 0 Å². The molecular formula is C10H12ClNO4S2. The lowest BCUT2D eigenvalue weighted by Crippen LogP contribution is -2.34. The zero-order valence-corrected chi connectivity index (χ0v) is 11.9. The summed E-state index contributed by atoms with van der Waals surface area (Å²) in [6.07, 6.45) is 1.61. The minimum absolute atomic E-state index is 0.0275. The first-order valence-corrected chi connectivity index (χ1v) is 9.00. The lowest BCUT2D eigenvalue weighted by molar-refractivity contribution is 0.557. The van der Waals surface area contributed by atoms with Gasteiger partial charge in [-0.05, 0) is 44.0 Å². The molecule has 1 aromatic rings. The maximum absolute atomic E-state index is 12.0. The smallest absolute Gasteiger partial charge is 0.207 e. The van der Waals surface area contributed by atoms with Gasteiger partial charge >= 0.3 is 0 Å². The summed E-state index contributed by atoms with van der Waals surface area (Å²) >= 11 is 0. The zero-order valence-electron chi connectivity index (χ0n) is 9.55. The second kappa shape index (κ2) is 4.19. The Kier molecular flexibility index (Phi) is 3.21. The van der Waals surface area contributed by atoms with Gasteiger partial charge in [-0.15, -0.1) is 0 Å². The van der Waals surface area contributed by atoms with Crippen molar-refractivity contribution in [2.75, 3.05) is 0 Å². The Hall–Kier alpha value is -0.630. The van der Waals surface area contributed by atoms with E-state index in [1.807, 2.05) is 6.92 Å². The molecule has 1 saturated carbocycles. The summed E-state index contributed by atoms with van der Waals surface area (Å²) in [5, 5.41) is 0. The van der Waals surface area contributed by atoms with Crippen molar-refractivity contribution < 1.29 is 16.8 Å². The van der Waals surface area contributed by atoms with Crippen LogP contribution in [0.2, 0.25) is 0 Å². The molecule has 0 heterocycles. The van der Waals surface area contributed by atoms with E-state index in [1.54, 1.807) is 0 Å². The third-order valence-electron chi connectivity index (χ3n) is 2.80. The van der Waals surface area contributed by atoms with Gasteiger partial charge in [-0.1, -0.05) is 0 Å². The number of nitrogens with one attached hydrogen (secondary N) is 1. The van der Waals surface area contributed by atoms with Crippen molar-refractivity contribution in [2.45, 2.75) is 35.1 Å². The van der Waals surface area contributed by atoms with E-state index in [1.165, 1.54) is 24.3 Å². The summed E-state index contributed by atoms with van der Waals surface area (Å²) in [5.74, 6) is 0. The van der Waals surface area contributed by atoms with Gasteiger partial charge in [0.05, 0.1) is 9.79 Å². The fourth-order valence-electron chi connectivity index (χ4n) is 1.45. The maximum atomic E-state index is 12.0. The fourth-order valence-corrected chi connectivity index (χ4v) is 3.69. The van der Waals surface area contributed by atoms with Gasteiger partial charge < -0.3 is 0 Å². The molecule has 5 nitrogen and oxygen atoms in total. The van der Waals surface area contributed by atoms with Gasteiger partial charge in [0, 0.05) is 16.2 Å². The normalized spacial score (nSPS) is 18.6. The standard InChI is InChI=1S/C10H12ClNO4S2/c1-10(6-7-10)12-18(15,16)9-4-2-8(3-5-9)17(11,13)14/h2-5,12H,6-7H2,1H3. The van der Waals surface area contributed by atoms with Crippen LogP contribution in [0.25, 0.3) is 0 Å². The van der Waals surface area contributed by atoms with E-state index >= 15 is 0 Å². The average Bonchev–Trinajstić information content (AvgIpc) is 2.94.